The SMILES string of the molecule is C=C(/C(=C/C)C(=O)c1cc(C)c(CCC)cc1C)c1ccccc1.CCC(=O)Nc1ccc(Cl)cc1. The molecule has 0 spiro atoms. The molecule has 0 saturated carbocycles. The van der Waals surface area contributed by atoms with Gasteiger partial charge in [0.15, 0.2) is 5.78 Å². The highest BCUT2D eigenvalue weighted by Gasteiger charge is 2.18. The average molecular weight is 502 g/mol. The molecule has 0 unspecified atom stereocenters. The molecule has 0 atom stereocenters. The predicted molar refractivity (Wildman–Crippen MR) is 154 cm³/mol. The summed E-state index contributed by atoms with van der Waals surface area (Å²) in [6.07, 6.45) is 4.52. The van der Waals surface area contributed by atoms with E-state index in [2.05, 4.69) is 31.8 Å². The van der Waals surface area contributed by atoms with Gasteiger partial charge in [-0.2, -0.15) is 0 Å². The minimum atomic E-state index is 0.0114. The van der Waals surface area contributed by atoms with Crippen molar-refractivity contribution in [3.8, 4) is 0 Å². The third-order valence-corrected chi connectivity index (χ3v) is 6.13. The molecule has 188 valence electrons. The molecule has 0 bridgehead atoms. The summed E-state index contributed by atoms with van der Waals surface area (Å²) in [7, 11) is 0. The van der Waals surface area contributed by atoms with E-state index in [1.54, 1.807) is 24.3 Å². The first-order valence-corrected chi connectivity index (χ1v) is 12.7. The Kier molecular flexibility index (Phi) is 11.4. The molecule has 0 radical (unpaired) electrons. The van der Waals surface area contributed by atoms with Crippen LogP contribution < -0.4 is 5.32 Å². The van der Waals surface area contributed by atoms with Gasteiger partial charge in [0.2, 0.25) is 5.91 Å². The van der Waals surface area contributed by atoms with Crippen molar-refractivity contribution in [2.75, 3.05) is 5.32 Å². The van der Waals surface area contributed by atoms with Crippen molar-refractivity contribution in [2.24, 2.45) is 0 Å². The summed E-state index contributed by atoms with van der Waals surface area (Å²) in [6, 6.07) is 21.1. The van der Waals surface area contributed by atoms with Crippen molar-refractivity contribution < 1.29 is 9.59 Å². The van der Waals surface area contributed by atoms with Gasteiger partial charge in [-0.15, -0.1) is 0 Å². The van der Waals surface area contributed by atoms with E-state index in [1.165, 1.54) is 11.1 Å². The molecule has 1 N–H and O–H groups in total. The highest BCUT2D eigenvalue weighted by Crippen LogP contribution is 2.27. The van der Waals surface area contributed by atoms with E-state index in [9.17, 15) is 9.59 Å². The van der Waals surface area contributed by atoms with Crippen LogP contribution in [0.15, 0.2) is 85.0 Å². The number of ketones is 1. The highest BCUT2D eigenvalue weighted by atomic mass is 35.5. The van der Waals surface area contributed by atoms with E-state index in [-0.39, 0.29) is 11.7 Å². The summed E-state index contributed by atoms with van der Waals surface area (Å²) in [6.45, 7) is 14.1. The second-order valence-corrected chi connectivity index (χ2v) is 9.06. The summed E-state index contributed by atoms with van der Waals surface area (Å²) in [4.78, 5) is 24.0. The van der Waals surface area contributed by atoms with E-state index in [1.807, 2.05) is 63.2 Å². The first-order chi connectivity index (χ1) is 17.2. The van der Waals surface area contributed by atoms with Crippen LogP contribution in [0, 0.1) is 13.8 Å². The number of aryl methyl sites for hydroxylation is 3. The van der Waals surface area contributed by atoms with Gasteiger partial charge < -0.3 is 5.32 Å². The molecule has 0 aliphatic carbocycles. The second kappa shape index (κ2) is 14.2. The van der Waals surface area contributed by atoms with E-state index in [4.69, 9.17) is 11.6 Å². The first kappa shape index (κ1) is 28.8. The van der Waals surface area contributed by atoms with E-state index in [0.717, 1.165) is 40.8 Å². The van der Waals surface area contributed by atoms with Crippen LogP contribution in [0.25, 0.3) is 5.57 Å². The zero-order valence-electron chi connectivity index (χ0n) is 22.0. The van der Waals surface area contributed by atoms with Gasteiger partial charge in [-0.3, -0.25) is 9.59 Å². The molecular weight excluding hydrogens is 466 g/mol. The van der Waals surface area contributed by atoms with Crippen LogP contribution in [0.2, 0.25) is 5.02 Å². The molecule has 3 nitrogen and oxygen atoms in total. The molecule has 0 aromatic heterocycles. The Hall–Kier alpha value is -3.43. The predicted octanol–water partition coefficient (Wildman–Crippen LogP) is 8.79. The fourth-order valence-electron chi connectivity index (χ4n) is 3.82. The van der Waals surface area contributed by atoms with Gasteiger partial charge in [-0.05, 0) is 85.4 Å². The number of nitrogens with one attached hydrogen (secondary N) is 1. The third-order valence-electron chi connectivity index (χ3n) is 5.88. The van der Waals surface area contributed by atoms with E-state index >= 15 is 0 Å². The molecule has 4 heteroatoms. The smallest absolute Gasteiger partial charge is 0.224 e. The lowest BCUT2D eigenvalue weighted by atomic mass is 9.88. The fourth-order valence-corrected chi connectivity index (χ4v) is 3.95. The molecule has 36 heavy (non-hydrogen) atoms. The summed E-state index contributed by atoms with van der Waals surface area (Å²) in [5.74, 6) is 0.0623. The van der Waals surface area contributed by atoms with Gasteiger partial charge >= 0.3 is 0 Å². The van der Waals surface area contributed by atoms with Crippen molar-refractivity contribution in [3.05, 3.63) is 118 Å². The summed E-state index contributed by atoms with van der Waals surface area (Å²) in [5, 5.41) is 3.39. The third kappa shape index (κ3) is 8.07. The number of hydrogen-bond donors (Lipinski definition) is 1. The van der Waals surface area contributed by atoms with Gasteiger partial charge in [0.05, 0.1) is 0 Å². The number of rotatable bonds is 8. The maximum absolute atomic E-state index is 13.1. The van der Waals surface area contributed by atoms with Crippen molar-refractivity contribution in [1.29, 1.82) is 0 Å². The summed E-state index contributed by atoms with van der Waals surface area (Å²) >= 11 is 5.67. The number of allylic oxidation sites excluding steroid dienone is 3. The zero-order chi connectivity index (χ0) is 26.7. The minimum absolute atomic E-state index is 0.0114. The Balaban J connectivity index is 0.000000319. The van der Waals surface area contributed by atoms with Crippen LogP contribution in [0.4, 0.5) is 5.69 Å². The zero-order valence-corrected chi connectivity index (χ0v) is 22.7. The molecule has 3 aromatic rings. The Morgan fingerprint density at radius 1 is 0.944 bits per heavy atom. The number of anilines is 1. The number of Topliss-reactive ketones (excluding diaryl/α,β-unsaturated/α-hetero) is 1. The van der Waals surface area contributed by atoms with Crippen LogP contribution in [-0.4, -0.2) is 11.7 Å². The van der Waals surface area contributed by atoms with E-state index in [0.29, 0.717) is 17.0 Å². The van der Waals surface area contributed by atoms with Crippen molar-refractivity contribution >= 4 is 34.6 Å². The van der Waals surface area contributed by atoms with Gasteiger partial charge in [0.25, 0.3) is 0 Å². The van der Waals surface area contributed by atoms with Crippen molar-refractivity contribution in [3.63, 3.8) is 0 Å². The molecule has 0 aliphatic rings. The highest BCUT2D eigenvalue weighted by molar-refractivity contribution is 6.30. The van der Waals surface area contributed by atoms with Gasteiger partial charge in [0.1, 0.15) is 0 Å². The monoisotopic (exact) mass is 501 g/mol. The minimum Gasteiger partial charge on any atom is -0.326 e. The molecule has 1 amide bonds. The maximum Gasteiger partial charge on any atom is 0.224 e. The van der Waals surface area contributed by atoms with Gasteiger partial charge in [-0.1, -0.05) is 80.9 Å². The number of amides is 1. The Morgan fingerprint density at radius 3 is 2.14 bits per heavy atom. The quantitative estimate of drug-likeness (QED) is 0.190. The molecule has 3 aromatic carbocycles. The van der Waals surface area contributed by atoms with Crippen molar-refractivity contribution in [2.45, 2.75) is 53.9 Å². The van der Waals surface area contributed by atoms with Gasteiger partial charge in [0, 0.05) is 28.3 Å². The molecule has 0 aliphatic heterocycles. The number of carbonyl (C=O) groups is 2. The molecule has 3 rings (SSSR count). The standard InChI is InChI=1S/C23H26O.C9H10ClNO/c1-6-11-20-14-17(4)22(15-16(20)3)23(24)21(7-2)18(5)19-12-9-8-10-13-19;1-2-9(12)11-8-5-3-7(10)4-6-8/h7-10,12-15H,5-6,11H2,1-4H3;3-6H,2H2,1H3,(H,11,12)/b21-7-;. The lowest BCUT2D eigenvalue weighted by Gasteiger charge is -2.14. The average Bonchev–Trinajstić information content (AvgIpc) is 2.88. The lowest BCUT2D eigenvalue weighted by Crippen LogP contribution is -2.08. The molecule has 0 heterocycles. The van der Waals surface area contributed by atoms with Gasteiger partial charge in [-0.25, -0.2) is 0 Å². The largest absolute Gasteiger partial charge is 0.326 e. The van der Waals surface area contributed by atoms with E-state index < -0.39 is 0 Å². The first-order valence-electron chi connectivity index (χ1n) is 12.3. The number of benzene rings is 3. The Bertz CT molecular complexity index is 1230. The second-order valence-electron chi connectivity index (χ2n) is 8.63. The maximum atomic E-state index is 13.1. The van der Waals surface area contributed by atoms with Crippen molar-refractivity contribution in [1.82, 2.24) is 0 Å². The Morgan fingerprint density at radius 2 is 1.58 bits per heavy atom. The molecular formula is C32H36ClNO2. The number of halogens is 1. The fraction of sp³-hybridized carbons (Fsp3) is 0.250. The number of hydrogen-bond acceptors (Lipinski definition) is 2. The molecule has 0 saturated heterocycles. The number of carbonyl (C=O) groups excluding carboxylic acids is 2. The van der Waals surface area contributed by atoms with Crippen LogP contribution in [0.3, 0.4) is 0 Å². The topological polar surface area (TPSA) is 46.2 Å². The van der Waals surface area contributed by atoms with Crippen LogP contribution in [-0.2, 0) is 11.2 Å². The lowest BCUT2D eigenvalue weighted by molar-refractivity contribution is -0.115. The molecule has 0 fully saturated rings. The summed E-state index contributed by atoms with van der Waals surface area (Å²) < 4.78 is 0. The van der Waals surface area contributed by atoms with Crippen LogP contribution in [0.5, 0.6) is 0 Å². The Labute approximate surface area is 220 Å². The van der Waals surface area contributed by atoms with Crippen LogP contribution >= 0.6 is 11.6 Å². The van der Waals surface area contributed by atoms with Crippen LogP contribution in [0.1, 0.15) is 66.2 Å². The summed E-state index contributed by atoms with van der Waals surface area (Å²) in [5.41, 5.74) is 7.54. The normalized spacial score (nSPS) is 10.8.